The van der Waals surface area contributed by atoms with Gasteiger partial charge in [0.1, 0.15) is 0 Å². The second kappa shape index (κ2) is 22.1. The number of aldehydes is 1. The van der Waals surface area contributed by atoms with Crippen LogP contribution in [-0.4, -0.2) is 11.3 Å². The molecule has 1 rings (SSSR count). The molecular formula is C29H46N2O. The highest BCUT2D eigenvalue weighted by Gasteiger charge is 1.98. The Hall–Kier alpha value is -2.08. The number of nitriles is 1. The number of nitrogens with one attached hydrogen (secondary N) is 1. The first kappa shape index (κ1) is 28.0. The van der Waals surface area contributed by atoms with E-state index in [1.807, 2.05) is 12.1 Å². The van der Waals surface area contributed by atoms with Crippen LogP contribution >= 0.6 is 0 Å². The highest BCUT2D eigenvalue weighted by molar-refractivity contribution is 5.71. The number of aromatic amines is 1. The van der Waals surface area contributed by atoms with Gasteiger partial charge in [0, 0.05) is 12.1 Å². The monoisotopic (exact) mass is 438 g/mol. The van der Waals surface area contributed by atoms with Gasteiger partial charge in [0.15, 0.2) is 6.29 Å². The fourth-order valence-electron chi connectivity index (χ4n) is 3.99. The van der Waals surface area contributed by atoms with Gasteiger partial charge < -0.3 is 4.98 Å². The average molecular weight is 439 g/mol. The van der Waals surface area contributed by atoms with Crippen LogP contribution in [0.2, 0.25) is 0 Å². The summed E-state index contributed by atoms with van der Waals surface area (Å²) in [6, 6.07) is 6.09. The summed E-state index contributed by atoms with van der Waals surface area (Å²) in [6.45, 7) is 0. The maximum absolute atomic E-state index is 10.7. The van der Waals surface area contributed by atoms with Crippen LogP contribution < -0.4 is 0 Å². The molecule has 1 aromatic rings. The molecule has 32 heavy (non-hydrogen) atoms. The van der Waals surface area contributed by atoms with E-state index in [1.54, 1.807) is 0 Å². The Balaban J connectivity index is 1.74. The molecule has 1 N–H and O–H groups in total. The molecule has 0 unspecified atom stereocenters. The maximum atomic E-state index is 10.7. The topological polar surface area (TPSA) is 56.6 Å². The van der Waals surface area contributed by atoms with Crippen molar-refractivity contribution in [3.63, 3.8) is 0 Å². The molecule has 178 valence electrons. The predicted octanol–water partition coefficient (Wildman–Crippen LogP) is 9.03. The standard InChI is InChI=1S/C29H46N2O/c30-26-22-20-18-16-14-12-10-8-6-4-2-1-3-5-7-9-11-13-15-17-19-21-23-28-24-25-29(27-32)31-28/h6,8,12,14,24-25,27,31H,1-5,7,9-11,13,15-23H2/b8-6-,14-12-. The highest BCUT2D eigenvalue weighted by Crippen LogP contribution is 2.14. The van der Waals surface area contributed by atoms with E-state index in [9.17, 15) is 4.79 Å². The quantitative estimate of drug-likeness (QED) is 0.111. The van der Waals surface area contributed by atoms with Gasteiger partial charge in [0.05, 0.1) is 11.8 Å². The molecule has 0 amide bonds. The number of nitrogens with zero attached hydrogens (tertiary/aromatic N) is 1. The van der Waals surface area contributed by atoms with Crippen molar-refractivity contribution in [2.75, 3.05) is 0 Å². The Labute approximate surface area is 197 Å². The van der Waals surface area contributed by atoms with Crippen molar-refractivity contribution < 1.29 is 4.79 Å². The molecule has 0 aliphatic carbocycles. The van der Waals surface area contributed by atoms with E-state index >= 15 is 0 Å². The molecule has 0 aromatic carbocycles. The number of carbonyl (C=O) groups excluding carboxylic acids is 1. The van der Waals surface area contributed by atoms with Crippen LogP contribution in [0.1, 0.15) is 132 Å². The minimum Gasteiger partial charge on any atom is -0.356 e. The molecule has 0 radical (unpaired) electrons. The number of H-pyrrole nitrogens is 1. The number of allylic oxidation sites excluding steroid dienone is 4. The molecule has 0 bridgehead atoms. The first-order chi connectivity index (χ1) is 15.9. The normalized spacial score (nSPS) is 11.5. The van der Waals surface area contributed by atoms with Gasteiger partial charge in [0.25, 0.3) is 0 Å². The van der Waals surface area contributed by atoms with Crippen LogP contribution in [-0.2, 0) is 6.42 Å². The van der Waals surface area contributed by atoms with E-state index in [0.717, 1.165) is 38.4 Å². The Kier molecular flexibility index (Phi) is 19.3. The summed E-state index contributed by atoms with van der Waals surface area (Å²) in [5, 5.41) is 8.48. The zero-order chi connectivity index (χ0) is 23.0. The van der Waals surface area contributed by atoms with Gasteiger partial charge in [-0.3, -0.25) is 4.79 Å². The zero-order valence-electron chi connectivity index (χ0n) is 20.3. The summed E-state index contributed by atoms with van der Waals surface area (Å²) in [5.41, 5.74) is 1.88. The summed E-state index contributed by atoms with van der Waals surface area (Å²) >= 11 is 0. The highest BCUT2D eigenvalue weighted by atomic mass is 16.1. The summed E-state index contributed by atoms with van der Waals surface area (Å²) in [5.74, 6) is 0. The Bertz CT molecular complexity index is 650. The van der Waals surface area contributed by atoms with E-state index in [1.165, 1.54) is 89.2 Å². The van der Waals surface area contributed by atoms with Crippen LogP contribution in [0.25, 0.3) is 0 Å². The molecule has 0 aliphatic rings. The molecule has 3 nitrogen and oxygen atoms in total. The van der Waals surface area contributed by atoms with Crippen molar-refractivity contribution in [3.8, 4) is 6.07 Å². The third-order valence-electron chi connectivity index (χ3n) is 5.98. The summed E-state index contributed by atoms with van der Waals surface area (Å²) in [7, 11) is 0. The molecule has 1 heterocycles. The van der Waals surface area contributed by atoms with Gasteiger partial charge in [-0.05, 0) is 63.5 Å². The number of carbonyl (C=O) groups is 1. The Morgan fingerprint density at radius 1 is 0.688 bits per heavy atom. The third-order valence-corrected chi connectivity index (χ3v) is 5.98. The smallest absolute Gasteiger partial charge is 0.166 e. The van der Waals surface area contributed by atoms with Crippen molar-refractivity contribution in [3.05, 3.63) is 47.8 Å². The number of hydrogen-bond donors (Lipinski definition) is 1. The van der Waals surface area contributed by atoms with Crippen molar-refractivity contribution in [1.29, 1.82) is 5.26 Å². The summed E-state index contributed by atoms with van der Waals surface area (Å²) < 4.78 is 0. The Morgan fingerprint density at radius 2 is 1.22 bits per heavy atom. The first-order valence-electron chi connectivity index (χ1n) is 13.2. The van der Waals surface area contributed by atoms with Crippen LogP contribution in [0, 0.1) is 11.3 Å². The van der Waals surface area contributed by atoms with Gasteiger partial charge in [0.2, 0.25) is 0 Å². The average Bonchev–Trinajstić information content (AvgIpc) is 3.27. The van der Waals surface area contributed by atoms with Crippen molar-refractivity contribution >= 4 is 6.29 Å². The van der Waals surface area contributed by atoms with Gasteiger partial charge >= 0.3 is 0 Å². The number of hydrogen-bond acceptors (Lipinski definition) is 2. The van der Waals surface area contributed by atoms with Gasteiger partial charge in [-0.25, -0.2) is 0 Å². The molecule has 0 saturated heterocycles. The van der Waals surface area contributed by atoms with Crippen molar-refractivity contribution in [1.82, 2.24) is 4.98 Å². The minimum absolute atomic E-state index is 0.691. The second-order valence-corrected chi connectivity index (χ2v) is 8.92. The lowest BCUT2D eigenvalue weighted by Crippen LogP contribution is -1.88. The van der Waals surface area contributed by atoms with E-state index in [0.29, 0.717) is 12.1 Å². The summed E-state index contributed by atoms with van der Waals surface area (Å²) in [4.78, 5) is 13.8. The van der Waals surface area contributed by atoms with Crippen molar-refractivity contribution in [2.45, 2.75) is 122 Å². The molecular weight excluding hydrogens is 392 g/mol. The van der Waals surface area contributed by atoms with Crippen LogP contribution in [0.3, 0.4) is 0 Å². The number of aromatic nitrogens is 1. The SMILES string of the molecule is N#CCCCC/C=C\C/C=C\CCCCCCCCCCCCCCc1ccc(C=O)[nH]1. The number of unbranched alkanes of at least 4 members (excludes halogenated alkanes) is 15. The molecule has 0 atom stereocenters. The van der Waals surface area contributed by atoms with Crippen LogP contribution in [0.4, 0.5) is 0 Å². The number of aryl methyl sites for hydroxylation is 1. The van der Waals surface area contributed by atoms with Gasteiger partial charge in [-0.1, -0.05) is 88.5 Å². The first-order valence-corrected chi connectivity index (χ1v) is 13.2. The van der Waals surface area contributed by atoms with E-state index in [4.69, 9.17) is 5.26 Å². The molecule has 3 heteroatoms. The third kappa shape index (κ3) is 17.6. The zero-order valence-corrected chi connectivity index (χ0v) is 20.3. The number of rotatable bonds is 22. The van der Waals surface area contributed by atoms with Gasteiger partial charge in [-0.15, -0.1) is 0 Å². The fourth-order valence-corrected chi connectivity index (χ4v) is 3.99. The van der Waals surface area contributed by atoms with E-state index in [2.05, 4.69) is 35.4 Å². The van der Waals surface area contributed by atoms with E-state index < -0.39 is 0 Å². The molecule has 0 spiro atoms. The molecule has 0 fully saturated rings. The lowest BCUT2D eigenvalue weighted by atomic mass is 10.0. The van der Waals surface area contributed by atoms with Gasteiger partial charge in [-0.2, -0.15) is 5.26 Å². The minimum atomic E-state index is 0.691. The lowest BCUT2D eigenvalue weighted by Gasteiger charge is -2.03. The van der Waals surface area contributed by atoms with Crippen LogP contribution in [0.5, 0.6) is 0 Å². The van der Waals surface area contributed by atoms with Crippen molar-refractivity contribution in [2.24, 2.45) is 0 Å². The summed E-state index contributed by atoms with van der Waals surface area (Å²) in [6.07, 6.45) is 33.6. The predicted molar refractivity (Wildman–Crippen MR) is 137 cm³/mol. The maximum Gasteiger partial charge on any atom is 0.166 e. The van der Waals surface area contributed by atoms with Crippen LogP contribution in [0.15, 0.2) is 36.4 Å². The molecule has 0 aliphatic heterocycles. The largest absolute Gasteiger partial charge is 0.356 e. The van der Waals surface area contributed by atoms with E-state index in [-0.39, 0.29) is 0 Å². The lowest BCUT2D eigenvalue weighted by molar-refractivity contribution is 0.111. The molecule has 0 saturated carbocycles. The molecule has 1 aromatic heterocycles. The second-order valence-electron chi connectivity index (χ2n) is 8.92. The Morgan fingerprint density at radius 3 is 1.75 bits per heavy atom. The fraction of sp³-hybridized carbons (Fsp3) is 0.655.